The van der Waals surface area contributed by atoms with Gasteiger partial charge in [0.15, 0.2) is 0 Å². The third-order valence-electron chi connectivity index (χ3n) is 4.29. The molecule has 5 N–H and O–H groups in total. The topological polar surface area (TPSA) is 86.5 Å². The minimum Gasteiger partial charge on any atom is -0.383 e. The van der Waals surface area contributed by atoms with E-state index in [0.29, 0.717) is 5.56 Å². The zero-order chi connectivity index (χ0) is 18.9. The van der Waals surface area contributed by atoms with Gasteiger partial charge in [0.2, 0.25) is 0 Å². The first-order chi connectivity index (χ1) is 13.3. The van der Waals surface area contributed by atoms with E-state index in [1.165, 1.54) is 0 Å². The lowest BCUT2D eigenvalue weighted by Crippen LogP contribution is -2.16. The van der Waals surface area contributed by atoms with Crippen molar-refractivity contribution in [3.05, 3.63) is 48.0 Å². The summed E-state index contributed by atoms with van der Waals surface area (Å²) >= 11 is 3.69. The van der Waals surface area contributed by atoms with E-state index in [1.54, 1.807) is 12.1 Å². The van der Waals surface area contributed by atoms with Crippen molar-refractivity contribution in [3.8, 4) is 0 Å². The van der Waals surface area contributed by atoms with Gasteiger partial charge in [-0.15, -0.1) is 0 Å². The number of anilines is 4. The molecule has 0 aliphatic carbocycles. The van der Waals surface area contributed by atoms with Gasteiger partial charge in [0.1, 0.15) is 0 Å². The van der Waals surface area contributed by atoms with Gasteiger partial charge in [-0.1, -0.05) is 29.8 Å². The van der Waals surface area contributed by atoms with Gasteiger partial charge < -0.3 is 26.1 Å². The highest BCUT2D eigenvalue weighted by atomic mass is 32.1. The van der Waals surface area contributed by atoms with E-state index in [-0.39, 0.29) is 0 Å². The summed E-state index contributed by atoms with van der Waals surface area (Å²) in [6.45, 7) is 3.31. The van der Waals surface area contributed by atoms with Crippen molar-refractivity contribution < 1.29 is 9.63 Å². The maximum Gasteiger partial charge on any atom is 0.357 e. The molecule has 0 amide bonds. The molecule has 1 aliphatic rings. The third kappa shape index (κ3) is 5.45. The van der Waals surface area contributed by atoms with Crippen molar-refractivity contribution in [2.24, 2.45) is 0 Å². The fourth-order valence-electron chi connectivity index (χ4n) is 2.93. The van der Waals surface area contributed by atoms with Crippen LogP contribution in [0, 0.1) is 0 Å². The molecule has 0 aromatic heterocycles. The summed E-state index contributed by atoms with van der Waals surface area (Å²) in [5.74, 6) is -0.475. The minimum absolute atomic E-state index is 0.458. The summed E-state index contributed by atoms with van der Waals surface area (Å²) in [5, 5.41) is 13.8. The minimum atomic E-state index is -0.475. The quantitative estimate of drug-likeness (QED) is 0.348. The molecular weight excluding hydrogens is 362 g/mol. The fraction of sp³-hybridized carbons (Fsp3) is 0.316. The molecule has 0 saturated carbocycles. The average Bonchev–Trinajstić information content (AvgIpc) is 2.69. The number of para-hydroxylation sites is 2. The molecule has 0 atom stereocenters. The highest BCUT2D eigenvalue weighted by Crippen LogP contribution is 2.25. The Balaban J connectivity index is 1.70. The van der Waals surface area contributed by atoms with Crippen LogP contribution in [0.1, 0.15) is 23.2 Å². The number of hydrogen-bond acceptors (Lipinski definition) is 8. The van der Waals surface area contributed by atoms with Crippen LogP contribution in [-0.4, -0.2) is 32.1 Å². The van der Waals surface area contributed by atoms with Gasteiger partial charge in [-0.25, -0.2) is 4.79 Å². The van der Waals surface area contributed by atoms with Crippen LogP contribution in [0.25, 0.3) is 0 Å². The SMILES string of the molecule is O=C(ONS)c1ccc2c(c1)NCCCNc1ccccc1NCCCN2. The lowest BCUT2D eigenvalue weighted by atomic mass is 10.1. The summed E-state index contributed by atoms with van der Waals surface area (Å²) in [4.78, 5) is 18.8. The number of fused-ring (bicyclic) bond motifs is 2. The lowest BCUT2D eigenvalue weighted by Gasteiger charge is -2.18. The van der Waals surface area contributed by atoms with E-state index in [2.05, 4.69) is 51.1 Å². The molecular formula is C19H25N5O2S. The van der Waals surface area contributed by atoms with Crippen molar-refractivity contribution >= 4 is 41.5 Å². The lowest BCUT2D eigenvalue weighted by molar-refractivity contribution is 0.0429. The van der Waals surface area contributed by atoms with E-state index in [0.717, 1.165) is 61.8 Å². The monoisotopic (exact) mass is 387 g/mol. The number of hydrogen-bond donors (Lipinski definition) is 6. The Kier molecular flexibility index (Phi) is 7.06. The molecule has 27 heavy (non-hydrogen) atoms. The molecule has 0 radical (unpaired) electrons. The maximum atomic E-state index is 11.9. The van der Waals surface area contributed by atoms with E-state index < -0.39 is 5.97 Å². The van der Waals surface area contributed by atoms with Crippen LogP contribution >= 0.6 is 12.8 Å². The number of rotatable bonds is 2. The van der Waals surface area contributed by atoms with Crippen LogP contribution in [0.5, 0.6) is 0 Å². The molecule has 1 heterocycles. The molecule has 8 heteroatoms. The van der Waals surface area contributed by atoms with Gasteiger partial charge in [-0.05, 0) is 43.2 Å². The summed E-state index contributed by atoms with van der Waals surface area (Å²) in [6.07, 6.45) is 1.89. The second-order valence-corrected chi connectivity index (χ2v) is 6.38. The van der Waals surface area contributed by atoms with Gasteiger partial charge >= 0.3 is 5.97 Å². The number of benzene rings is 2. The molecule has 0 fully saturated rings. The van der Waals surface area contributed by atoms with Crippen molar-refractivity contribution in [2.75, 3.05) is 47.4 Å². The van der Waals surface area contributed by atoms with E-state index in [9.17, 15) is 4.79 Å². The van der Waals surface area contributed by atoms with Crippen LogP contribution in [0.2, 0.25) is 0 Å². The van der Waals surface area contributed by atoms with Crippen LogP contribution in [0.4, 0.5) is 22.7 Å². The Morgan fingerprint density at radius 1 is 0.815 bits per heavy atom. The molecule has 2 aromatic carbocycles. The Bertz CT molecular complexity index is 772. The number of nitrogens with one attached hydrogen (secondary N) is 5. The highest BCUT2D eigenvalue weighted by molar-refractivity contribution is 7.77. The first-order valence-corrected chi connectivity index (χ1v) is 9.51. The largest absolute Gasteiger partial charge is 0.383 e. The molecule has 1 aliphatic heterocycles. The van der Waals surface area contributed by atoms with Crippen LogP contribution in [-0.2, 0) is 4.84 Å². The van der Waals surface area contributed by atoms with Gasteiger partial charge in [0, 0.05) is 26.2 Å². The number of thiol groups is 1. The Morgan fingerprint density at radius 2 is 1.33 bits per heavy atom. The third-order valence-corrected chi connectivity index (χ3v) is 4.38. The first kappa shape index (κ1) is 19.2. The summed E-state index contributed by atoms with van der Waals surface area (Å²) in [5.41, 5.74) is 4.56. The molecule has 144 valence electrons. The molecule has 0 unspecified atom stereocenters. The second kappa shape index (κ2) is 9.94. The van der Waals surface area contributed by atoms with Crippen molar-refractivity contribution in [1.82, 2.24) is 4.89 Å². The number of carbonyl (C=O) groups is 1. The van der Waals surface area contributed by atoms with Crippen molar-refractivity contribution in [1.29, 1.82) is 0 Å². The molecule has 2 aromatic rings. The molecule has 0 spiro atoms. The maximum absolute atomic E-state index is 11.9. The fourth-order valence-corrected chi connectivity index (χ4v) is 3.02. The summed E-state index contributed by atoms with van der Waals surface area (Å²) in [6, 6.07) is 13.7. The Hall–Kier alpha value is -2.58. The second-order valence-electron chi connectivity index (χ2n) is 6.20. The summed E-state index contributed by atoms with van der Waals surface area (Å²) < 4.78 is 0. The van der Waals surface area contributed by atoms with Gasteiger partial charge in [0.05, 0.1) is 28.3 Å². The Labute approximate surface area is 164 Å². The standard InChI is InChI=1S/C19H25N5O2S/c25-19(26-24-27)14-7-8-17-18(13-14)23-12-4-10-21-16-6-2-1-5-15(16)20-9-3-11-22-17/h1-2,5-8,13,20-24,27H,3-4,9-12H2. The van der Waals surface area contributed by atoms with Gasteiger partial charge in [-0.3, -0.25) is 0 Å². The van der Waals surface area contributed by atoms with E-state index >= 15 is 0 Å². The highest BCUT2D eigenvalue weighted by Gasteiger charge is 2.11. The van der Waals surface area contributed by atoms with Gasteiger partial charge in [0.25, 0.3) is 0 Å². The van der Waals surface area contributed by atoms with Gasteiger partial charge in [-0.2, -0.15) is 0 Å². The normalized spacial score (nSPS) is 14.7. The zero-order valence-corrected chi connectivity index (χ0v) is 15.9. The summed E-state index contributed by atoms with van der Waals surface area (Å²) in [7, 11) is 0. The molecule has 7 nitrogen and oxygen atoms in total. The first-order valence-electron chi connectivity index (χ1n) is 9.07. The van der Waals surface area contributed by atoms with Crippen LogP contribution < -0.4 is 26.2 Å². The van der Waals surface area contributed by atoms with E-state index in [4.69, 9.17) is 4.84 Å². The Morgan fingerprint density at radius 3 is 1.89 bits per heavy atom. The molecule has 3 rings (SSSR count). The predicted octanol–water partition coefficient (Wildman–Crippen LogP) is 3.33. The average molecular weight is 388 g/mol. The molecule has 0 bridgehead atoms. The number of carbonyl (C=O) groups excluding carboxylic acids is 1. The van der Waals surface area contributed by atoms with E-state index in [1.807, 2.05) is 18.2 Å². The van der Waals surface area contributed by atoms with Crippen LogP contribution in [0.15, 0.2) is 42.5 Å². The van der Waals surface area contributed by atoms with Crippen molar-refractivity contribution in [3.63, 3.8) is 0 Å². The smallest absolute Gasteiger partial charge is 0.357 e. The predicted molar refractivity (Wildman–Crippen MR) is 114 cm³/mol. The van der Waals surface area contributed by atoms with Crippen molar-refractivity contribution in [2.45, 2.75) is 12.8 Å². The molecule has 0 saturated heterocycles. The van der Waals surface area contributed by atoms with Crippen LogP contribution in [0.3, 0.4) is 0 Å². The zero-order valence-electron chi connectivity index (χ0n) is 15.0.